The van der Waals surface area contributed by atoms with Crippen molar-refractivity contribution in [2.24, 2.45) is 5.73 Å². The van der Waals surface area contributed by atoms with Gasteiger partial charge in [0, 0.05) is 25.0 Å². The molecule has 6 heteroatoms. The largest absolute Gasteiger partial charge is 0.336 e. The van der Waals surface area contributed by atoms with E-state index in [1.54, 1.807) is 6.20 Å². The predicted molar refractivity (Wildman–Crippen MR) is 122 cm³/mol. The average Bonchev–Trinajstić information content (AvgIpc) is 3.33. The van der Waals surface area contributed by atoms with E-state index in [1.165, 1.54) is 11.1 Å². The van der Waals surface area contributed by atoms with Crippen molar-refractivity contribution in [2.75, 3.05) is 13.1 Å². The van der Waals surface area contributed by atoms with Crippen molar-refractivity contribution in [2.45, 2.75) is 38.3 Å². The standard InChI is InChI=1S/C24H28N4O.ClH/c1-2-9-23-20(14-26-28(23)15-18-10-5-3-6-11-18)24(29)27-16-21(22(25)17-27)19-12-7-4-8-13-19;/h3-8,10-14,21-22H,2,9,15-17,25H2,1H3;1H/t21-,22+;/m0./s1. The van der Waals surface area contributed by atoms with E-state index in [0.717, 1.165) is 18.5 Å². The number of nitrogens with two attached hydrogens (primary N) is 1. The fourth-order valence-corrected chi connectivity index (χ4v) is 4.20. The topological polar surface area (TPSA) is 64.2 Å². The zero-order valence-electron chi connectivity index (χ0n) is 17.3. The highest BCUT2D eigenvalue weighted by Gasteiger charge is 2.35. The normalized spacial score (nSPS) is 18.3. The van der Waals surface area contributed by atoms with E-state index in [9.17, 15) is 4.79 Å². The molecule has 1 amide bonds. The molecule has 0 unspecified atom stereocenters. The van der Waals surface area contributed by atoms with Crippen LogP contribution >= 0.6 is 12.4 Å². The van der Waals surface area contributed by atoms with Crippen molar-refractivity contribution >= 4 is 18.3 Å². The molecule has 2 aromatic carbocycles. The van der Waals surface area contributed by atoms with Crippen molar-refractivity contribution in [1.29, 1.82) is 0 Å². The van der Waals surface area contributed by atoms with Gasteiger partial charge in [0.2, 0.25) is 0 Å². The van der Waals surface area contributed by atoms with Gasteiger partial charge in [-0.3, -0.25) is 9.48 Å². The van der Waals surface area contributed by atoms with Gasteiger partial charge in [-0.2, -0.15) is 5.10 Å². The zero-order chi connectivity index (χ0) is 20.2. The Bertz CT molecular complexity index is 958. The van der Waals surface area contributed by atoms with E-state index >= 15 is 0 Å². The Labute approximate surface area is 184 Å². The number of halogens is 1. The molecule has 0 spiro atoms. The number of amides is 1. The summed E-state index contributed by atoms with van der Waals surface area (Å²) in [6.07, 6.45) is 3.53. The van der Waals surface area contributed by atoms with Gasteiger partial charge in [0.05, 0.1) is 24.0 Å². The number of benzene rings is 2. The lowest BCUT2D eigenvalue weighted by Crippen LogP contribution is -2.32. The fourth-order valence-electron chi connectivity index (χ4n) is 4.20. The minimum Gasteiger partial charge on any atom is -0.336 e. The number of hydrogen-bond donors (Lipinski definition) is 1. The number of carbonyl (C=O) groups is 1. The van der Waals surface area contributed by atoms with Crippen LogP contribution in [0, 0.1) is 0 Å². The lowest BCUT2D eigenvalue weighted by Gasteiger charge is -2.17. The summed E-state index contributed by atoms with van der Waals surface area (Å²) in [5.41, 5.74) is 10.5. The Balaban J connectivity index is 0.00000256. The number of carbonyl (C=O) groups excluding carboxylic acids is 1. The van der Waals surface area contributed by atoms with Crippen LogP contribution in [0.15, 0.2) is 66.9 Å². The Morgan fingerprint density at radius 3 is 2.40 bits per heavy atom. The molecule has 2 N–H and O–H groups in total. The van der Waals surface area contributed by atoms with Crippen LogP contribution in [0.5, 0.6) is 0 Å². The van der Waals surface area contributed by atoms with Crippen LogP contribution < -0.4 is 5.73 Å². The molecule has 1 fully saturated rings. The molecule has 1 saturated heterocycles. The number of nitrogens with zero attached hydrogens (tertiary/aromatic N) is 3. The van der Waals surface area contributed by atoms with Gasteiger partial charge in [0.1, 0.15) is 0 Å². The van der Waals surface area contributed by atoms with Crippen molar-refractivity contribution in [3.8, 4) is 0 Å². The molecular formula is C24H29ClN4O. The first-order valence-corrected chi connectivity index (χ1v) is 10.4. The SMILES string of the molecule is CCCc1c(C(=O)N2C[C@@H](N)[C@H](c3ccccc3)C2)cnn1Cc1ccccc1.Cl. The number of likely N-dealkylation sites (tertiary alicyclic amines) is 1. The summed E-state index contributed by atoms with van der Waals surface area (Å²) < 4.78 is 1.97. The van der Waals surface area contributed by atoms with E-state index in [0.29, 0.717) is 25.2 Å². The Morgan fingerprint density at radius 2 is 1.73 bits per heavy atom. The Hall–Kier alpha value is -2.63. The van der Waals surface area contributed by atoms with Gasteiger partial charge in [0.25, 0.3) is 5.91 Å². The molecule has 1 aliphatic heterocycles. The summed E-state index contributed by atoms with van der Waals surface area (Å²) >= 11 is 0. The molecule has 0 bridgehead atoms. The maximum Gasteiger partial charge on any atom is 0.257 e. The molecule has 2 atom stereocenters. The first-order chi connectivity index (χ1) is 14.2. The Kier molecular flexibility index (Phi) is 7.29. The van der Waals surface area contributed by atoms with Gasteiger partial charge in [-0.05, 0) is 17.5 Å². The van der Waals surface area contributed by atoms with Crippen LogP contribution in [0.1, 0.15) is 46.4 Å². The molecule has 0 saturated carbocycles. The van der Waals surface area contributed by atoms with E-state index in [1.807, 2.05) is 46.0 Å². The molecule has 0 radical (unpaired) electrons. The molecule has 3 aromatic rings. The summed E-state index contributed by atoms with van der Waals surface area (Å²) in [5.74, 6) is 0.218. The van der Waals surface area contributed by atoms with Crippen molar-refractivity contribution in [3.63, 3.8) is 0 Å². The van der Waals surface area contributed by atoms with Gasteiger partial charge in [-0.15, -0.1) is 12.4 Å². The molecule has 1 aromatic heterocycles. The molecule has 4 rings (SSSR count). The second-order valence-corrected chi connectivity index (χ2v) is 7.79. The number of aromatic nitrogens is 2. The van der Waals surface area contributed by atoms with Gasteiger partial charge in [0.15, 0.2) is 0 Å². The third-order valence-electron chi connectivity index (χ3n) is 5.72. The molecular weight excluding hydrogens is 396 g/mol. The van der Waals surface area contributed by atoms with Crippen LogP contribution in [-0.2, 0) is 13.0 Å². The third-order valence-corrected chi connectivity index (χ3v) is 5.72. The second kappa shape index (κ2) is 9.92. The van der Waals surface area contributed by atoms with Crippen LogP contribution in [0.3, 0.4) is 0 Å². The minimum absolute atomic E-state index is 0. The van der Waals surface area contributed by atoms with E-state index < -0.39 is 0 Å². The van der Waals surface area contributed by atoms with E-state index in [-0.39, 0.29) is 30.3 Å². The lowest BCUT2D eigenvalue weighted by molar-refractivity contribution is 0.0788. The fraction of sp³-hybridized carbons (Fsp3) is 0.333. The maximum atomic E-state index is 13.3. The first kappa shape index (κ1) is 22.1. The summed E-state index contributed by atoms with van der Waals surface area (Å²) in [7, 11) is 0. The van der Waals surface area contributed by atoms with Crippen LogP contribution in [0.2, 0.25) is 0 Å². The quantitative estimate of drug-likeness (QED) is 0.653. The Morgan fingerprint density at radius 1 is 1.07 bits per heavy atom. The third kappa shape index (κ3) is 4.58. The highest BCUT2D eigenvalue weighted by atomic mass is 35.5. The van der Waals surface area contributed by atoms with Gasteiger partial charge in [-0.1, -0.05) is 74.0 Å². The number of hydrogen-bond acceptors (Lipinski definition) is 3. The van der Waals surface area contributed by atoms with Gasteiger partial charge < -0.3 is 10.6 Å². The minimum atomic E-state index is -0.0460. The van der Waals surface area contributed by atoms with Crippen LogP contribution in [-0.4, -0.2) is 39.7 Å². The van der Waals surface area contributed by atoms with E-state index in [2.05, 4.69) is 36.3 Å². The summed E-state index contributed by atoms with van der Waals surface area (Å²) in [6.45, 7) is 4.04. The predicted octanol–water partition coefficient (Wildman–Crippen LogP) is 3.87. The summed E-state index contributed by atoms with van der Waals surface area (Å²) in [5, 5.41) is 4.56. The average molecular weight is 425 g/mol. The lowest BCUT2D eigenvalue weighted by atomic mass is 9.95. The molecule has 158 valence electrons. The molecule has 0 aliphatic carbocycles. The summed E-state index contributed by atoms with van der Waals surface area (Å²) in [6, 6.07) is 20.4. The maximum absolute atomic E-state index is 13.3. The first-order valence-electron chi connectivity index (χ1n) is 10.4. The molecule has 2 heterocycles. The zero-order valence-corrected chi connectivity index (χ0v) is 18.1. The van der Waals surface area contributed by atoms with E-state index in [4.69, 9.17) is 5.73 Å². The van der Waals surface area contributed by atoms with Gasteiger partial charge >= 0.3 is 0 Å². The van der Waals surface area contributed by atoms with Crippen molar-refractivity contribution in [1.82, 2.24) is 14.7 Å². The molecule has 5 nitrogen and oxygen atoms in total. The van der Waals surface area contributed by atoms with Crippen molar-refractivity contribution < 1.29 is 4.79 Å². The summed E-state index contributed by atoms with van der Waals surface area (Å²) in [4.78, 5) is 15.2. The highest BCUT2D eigenvalue weighted by Crippen LogP contribution is 2.28. The number of rotatable bonds is 6. The van der Waals surface area contributed by atoms with Crippen LogP contribution in [0.25, 0.3) is 0 Å². The monoisotopic (exact) mass is 424 g/mol. The second-order valence-electron chi connectivity index (χ2n) is 7.79. The molecule has 1 aliphatic rings. The van der Waals surface area contributed by atoms with Gasteiger partial charge in [-0.25, -0.2) is 0 Å². The molecule has 30 heavy (non-hydrogen) atoms. The van der Waals surface area contributed by atoms with Crippen molar-refractivity contribution in [3.05, 3.63) is 89.2 Å². The highest BCUT2D eigenvalue weighted by molar-refractivity contribution is 5.95. The van der Waals surface area contributed by atoms with Crippen LogP contribution in [0.4, 0.5) is 0 Å². The smallest absolute Gasteiger partial charge is 0.257 e.